The van der Waals surface area contributed by atoms with Crippen LogP contribution in [-0.2, 0) is 37.3 Å². The minimum Gasteiger partial charge on any atom is -0.376 e. The van der Waals surface area contributed by atoms with Gasteiger partial charge in [-0.1, -0.05) is 54.1 Å². The minimum absolute atomic E-state index is 0.0480. The molecule has 8 nitrogen and oxygen atoms in total. The van der Waals surface area contributed by atoms with E-state index in [0.29, 0.717) is 18.2 Å². The number of carbonyl (C=O) groups excluding carboxylic acids is 2. The van der Waals surface area contributed by atoms with Crippen LogP contribution in [-0.4, -0.2) is 74.6 Å². The molecular formula is C25H32ClN3O5S. The van der Waals surface area contributed by atoms with Gasteiger partial charge < -0.3 is 15.0 Å². The van der Waals surface area contributed by atoms with E-state index in [2.05, 4.69) is 5.32 Å². The topological polar surface area (TPSA) is 96.0 Å². The first-order valence-corrected chi connectivity index (χ1v) is 13.7. The van der Waals surface area contributed by atoms with Gasteiger partial charge in [0.1, 0.15) is 6.04 Å². The van der Waals surface area contributed by atoms with Crippen LogP contribution >= 0.6 is 11.6 Å². The highest BCUT2D eigenvalue weighted by Crippen LogP contribution is 2.18. The van der Waals surface area contributed by atoms with Gasteiger partial charge in [-0.2, -0.15) is 4.31 Å². The number of amides is 2. The Hall–Kier alpha value is -2.46. The molecule has 190 valence electrons. The number of nitrogens with zero attached hydrogens (tertiary/aromatic N) is 2. The fourth-order valence-electron chi connectivity index (χ4n) is 3.88. The van der Waals surface area contributed by atoms with Crippen molar-refractivity contribution in [2.45, 2.75) is 38.0 Å². The van der Waals surface area contributed by atoms with E-state index in [1.807, 2.05) is 30.3 Å². The maximum Gasteiger partial charge on any atom is 0.243 e. The van der Waals surface area contributed by atoms with Gasteiger partial charge in [0.2, 0.25) is 21.8 Å². The van der Waals surface area contributed by atoms with Crippen molar-refractivity contribution in [3.05, 3.63) is 70.7 Å². The van der Waals surface area contributed by atoms with Crippen molar-refractivity contribution in [2.75, 3.05) is 33.0 Å². The molecule has 1 saturated heterocycles. The van der Waals surface area contributed by atoms with Gasteiger partial charge in [-0.15, -0.1) is 0 Å². The van der Waals surface area contributed by atoms with Crippen LogP contribution in [0.4, 0.5) is 0 Å². The molecule has 1 fully saturated rings. The van der Waals surface area contributed by atoms with E-state index >= 15 is 0 Å². The lowest BCUT2D eigenvalue weighted by molar-refractivity contribution is -0.141. The van der Waals surface area contributed by atoms with Crippen molar-refractivity contribution in [3.8, 4) is 0 Å². The number of nitrogens with one attached hydrogen (secondary N) is 1. The molecule has 0 saturated carbocycles. The molecule has 0 radical (unpaired) electrons. The standard InChI is InChI=1S/C25H32ClN3O5S/c1-28(35(2,32)33)18-24(30)29(17-20-10-12-21(26)13-11-20)23(15-19-7-4-3-5-8-19)25(31)27-16-22-9-6-14-34-22/h3-5,7-8,10-13,22-23H,6,9,14-18H2,1-2H3,(H,27,31)/t22-,23+/m1/s1. The smallest absolute Gasteiger partial charge is 0.243 e. The predicted molar refractivity (Wildman–Crippen MR) is 135 cm³/mol. The molecule has 0 bridgehead atoms. The average Bonchev–Trinajstić information content (AvgIpc) is 3.34. The van der Waals surface area contributed by atoms with Crippen LogP contribution in [0.25, 0.3) is 0 Å². The van der Waals surface area contributed by atoms with Gasteiger partial charge in [0, 0.05) is 38.2 Å². The Morgan fingerprint density at radius 3 is 2.40 bits per heavy atom. The molecule has 1 N–H and O–H groups in total. The van der Waals surface area contributed by atoms with Crippen LogP contribution in [0, 0.1) is 0 Å². The second kappa shape index (κ2) is 12.5. The van der Waals surface area contributed by atoms with Gasteiger partial charge in [0.25, 0.3) is 0 Å². The molecule has 1 aliphatic rings. The molecule has 0 aliphatic carbocycles. The summed E-state index contributed by atoms with van der Waals surface area (Å²) in [4.78, 5) is 28.4. The van der Waals surface area contributed by atoms with E-state index in [1.165, 1.54) is 11.9 Å². The molecule has 1 heterocycles. The average molecular weight is 522 g/mol. The number of hydrogen-bond donors (Lipinski definition) is 1. The van der Waals surface area contributed by atoms with Crippen LogP contribution in [0.15, 0.2) is 54.6 Å². The lowest BCUT2D eigenvalue weighted by Crippen LogP contribution is -2.53. The number of sulfonamides is 1. The highest BCUT2D eigenvalue weighted by Gasteiger charge is 2.32. The SMILES string of the molecule is CN(CC(=O)N(Cc1ccc(Cl)cc1)[C@@H](Cc1ccccc1)C(=O)NC[C@H]1CCCO1)S(C)(=O)=O. The van der Waals surface area contributed by atoms with Gasteiger partial charge in [0.05, 0.1) is 18.9 Å². The lowest BCUT2D eigenvalue weighted by atomic mass is 10.0. The largest absolute Gasteiger partial charge is 0.376 e. The Balaban J connectivity index is 1.90. The van der Waals surface area contributed by atoms with Crippen molar-refractivity contribution in [1.29, 1.82) is 0 Å². The Morgan fingerprint density at radius 1 is 1.11 bits per heavy atom. The van der Waals surface area contributed by atoms with Gasteiger partial charge >= 0.3 is 0 Å². The highest BCUT2D eigenvalue weighted by atomic mass is 35.5. The summed E-state index contributed by atoms with van der Waals surface area (Å²) in [6, 6.07) is 15.6. The molecule has 0 aromatic heterocycles. The fraction of sp³-hybridized carbons (Fsp3) is 0.440. The van der Waals surface area contributed by atoms with Crippen molar-refractivity contribution in [3.63, 3.8) is 0 Å². The van der Waals surface area contributed by atoms with E-state index in [0.717, 1.165) is 34.5 Å². The predicted octanol–water partition coefficient (Wildman–Crippen LogP) is 2.47. The van der Waals surface area contributed by atoms with E-state index < -0.39 is 22.0 Å². The van der Waals surface area contributed by atoms with Gasteiger partial charge in [0.15, 0.2) is 0 Å². The first-order chi connectivity index (χ1) is 16.6. The Kier molecular flexibility index (Phi) is 9.68. The zero-order valence-corrected chi connectivity index (χ0v) is 21.6. The summed E-state index contributed by atoms with van der Waals surface area (Å²) in [5, 5.41) is 3.50. The number of benzene rings is 2. The summed E-state index contributed by atoms with van der Waals surface area (Å²) in [7, 11) is -2.24. The van der Waals surface area contributed by atoms with Gasteiger partial charge in [-0.05, 0) is 36.1 Å². The maximum absolute atomic E-state index is 13.5. The number of rotatable bonds is 11. The van der Waals surface area contributed by atoms with E-state index in [1.54, 1.807) is 24.3 Å². The van der Waals surface area contributed by atoms with E-state index in [4.69, 9.17) is 16.3 Å². The summed E-state index contributed by atoms with van der Waals surface area (Å²) in [6.45, 7) is 0.776. The highest BCUT2D eigenvalue weighted by molar-refractivity contribution is 7.88. The third-order valence-electron chi connectivity index (χ3n) is 5.99. The Bertz CT molecular complexity index is 1090. The second-order valence-corrected chi connectivity index (χ2v) is 11.3. The third-order valence-corrected chi connectivity index (χ3v) is 7.50. The molecule has 2 amide bonds. The van der Waals surface area contributed by atoms with E-state index in [-0.39, 0.29) is 31.5 Å². The Morgan fingerprint density at radius 2 is 1.80 bits per heavy atom. The minimum atomic E-state index is -3.58. The van der Waals surface area contributed by atoms with Gasteiger partial charge in [-0.3, -0.25) is 9.59 Å². The monoisotopic (exact) mass is 521 g/mol. The maximum atomic E-state index is 13.5. The normalized spacial score (nSPS) is 16.7. The van der Waals surface area contributed by atoms with Crippen molar-refractivity contribution in [2.24, 2.45) is 0 Å². The number of hydrogen-bond acceptors (Lipinski definition) is 5. The molecule has 2 aromatic rings. The molecule has 10 heteroatoms. The molecule has 3 rings (SSSR count). The van der Waals surface area contributed by atoms with Crippen molar-refractivity contribution in [1.82, 2.24) is 14.5 Å². The molecule has 0 spiro atoms. The van der Waals surface area contributed by atoms with Crippen molar-refractivity contribution < 1.29 is 22.7 Å². The van der Waals surface area contributed by atoms with Crippen LogP contribution < -0.4 is 5.32 Å². The van der Waals surface area contributed by atoms with E-state index in [9.17, 15) is 18.0 Å². The third kappa shape index (κ3) is 8.31. The number of carbonyl (C=O) groups is 2. The van der Waals surface area contributed by atoms with Crippen LogP contribution in [0.2, 0.25) is 5.02 Å². The molecule has 35 heavy (non-hydrogen) atoms. The van der Waals surface area contributed by atoms with Crippen LogP contribution in [0.1, 0.15) is 24.0 Å². The van der Waals surface area contributed by atoms with Gasteiger partial charge in [-0.25, -0.2) is 8.42 Å². The quantitative estimate of drug-likeness (QED) is 0.490. The zero-order chi connectivity index (χ0) is 25.4. The lowest BCUT2D eigenvalue weighted by Gasteiger charge is -2.32. The summed E-state index contributed by atoms with van der Waals surface area (Å²) < 4.78 is 30.6. The zero-order valence-electron chi connectivity index (χ0n) is 20.0. The van der Waals surface area contributed by atoms with Crippen LogP contribution in [0.5, 0.6) is 0 Å². The number of ether oxygens (including phenoxy) is 1. The molecule has 1 aliphatic heterocycles. The molecule has 2 atom stereocenters. The fourth-order valence-corrected chi connectivity index (χ4v) is 4.35. The summed E-state index contributed by atoms with van der Waals surface area (Å²) in [6.07, 6.45) is 3.09. The molecule has 0 unspecified atom stereocenters. The summed E-state index contributed by atoms with van der Waals surface area (Å²) in [5.74, 6) is -0.783. The number of halogens is 1. The second-order valence-electron chi connectivity index (χ2n) is 8.75. The first-order valence-electron chi connectivity index (χ1n) is 11.5. The molecule has 2 aromatic carbocycles. The molecular weight excluding hydrogens is 490 g/mol. The van der Waals surface area contributed by atoms with Crippen molar-refractivity contribution >= 4 is 33.4 Å². The summed E-state index contributed by atoms with van der Waals surface area (Å²) >= 11 is 6.02. The first kappa shape index (κ1) is 27.1. The summed E-state index contributed by atoms with van der Waals surface area (Å²) in [5.41, 5.74) is 1.66. The number of likely N-dealkylation sites (N-methyl/N-ethyl adjacent to an activating group) is 1. The van der Waals surface area contributed by atoms with Crippen LogP contribution in [0.3, 0.4) is 0 Å². The Labute approximate surface area is 212 Å².